The summed E-state index contributed by atoms with van der Waals surface area (Å²) in [6, 6.07) is 2.05. The number of amides is 2. The largest absolute Gasteiger partial charge is 0.448 e. The zero-order chi connectivity index (χ0) is 18.5. The molecule has 0 bridgehead atoms. The van der Waals surface area contributed by atoms with E-state index in [4.69, 9.17) is 4.74 Å². The molecule has 1 rings (SSSR count). The number of esters is 1. The Labute approximate surface area is 144 Å². The maximum absolute atomic E-state index is 12.1. The van der Waals surface area contributed by atoms with Crippen LogP contribution in [0.2, 0.25) is 0 Å². The highest BCUT2D eigenvalue weighted by atomic mass is 32.1. The second-order valence-electron chi connectivity index (χ2n) is 5.72. The number of nitrogens with zero attached hydrogens (tertiary/aromatic N) is 2. The third-order valence-corrected chi connectivity index (χ3v) is 4.18. The standard InChI is InChI=1S/C15H20N4O4S/c1-8(2)15(5,7-16)19-12(21)9(3)23-13(22)11-6-24-14(18-11)17-10(4)20/h6,8-9H,1-5H3,(H,19,21)(H,17,18,20)/t9-,15+/m0/s1. The average Bonchev–Trinajstić information content (AvgIpc) is 2.94. The molecule has 2 amide bonds. The molecule has 1 aromatic heterocycles. The molecule has 0 aliphatic rings. The minimum absolute atomic E-state index is 0.00435. The van der Waals surface area contributed by atoms with Crippen molar-refractivity contribution in [1.29, 1.82) is 5.26 Å². The number of aromatic nitrogens is 1. The van der Waals surface area contributed by atoms with Crippen LogP contribution in [0.1, 0.15) is 45.1 Å². The highest BCUT2D eigenvalue weighted by molar-refractivity contribution is 7.14. The van der Waals surface area contributed by atoms with Crippen molar-refractivity contribution in [2.45, 2.75) is 46.3 Å². The summed E-state index contributed by atoms with van der Waals surface area (Å²) < 4.78 is 5.06. The number of thiazole rings is 1. The first-order chi connectivity index (χ1) is 11.1. The van der Waals surface area contributed by atoms with Gasteiger partial charge in [0.2, 0.25) is 5.91 Å². The van der Waals surface area contributed by atoms with Gasteiger partial charge in [0, 0.05) is 12.3 Å². The topological polar surface area (TPSA) is 121 Å². The van der Waals surface area contributed by atoms with Crippen molar-refractivity contribution >= 4 is 34.3 Å². The molecule has 0 aromatic carbocycles. The molecule has 0 spiro atoms. The first kappa shape index (κ1) is 19.6. The zero-order valence-electron chi connectivity index (χ0n) is 14.2. The third-order valence-electron chi connectivity index (χ3n) is 3.42. The van der Waals surface area contributed by atoms with Gasteiger partial charge in [0.25, 0.3) is 5.91 Å². The second kappa shape index (κ2) is 7.88. The Morgan fingerprint density at radius 2 is 2.00 bits per heavy atom. The molecule has 24 heavy (non-hydrogen) atoms. The van der Waals surface area contributed by atoms with Crippen molar-refractivity contribution in [2.24, 2.45) is 5.92 Å². The van der Waals surface area contributed by atoms with Gasteiger partial charge in [-0.15, -0.1) is 11.3 Å². The van der Waals surface area contributed by atoms with Gasteiger partial charge in [-0.25, -0.2) is 9.78 Å². The Morgan fingerprint density at radius 3 is 2.50 bits per heavy atom. The monoisotopic (exact) mass is 352 g/mol. The van der Waals surface area contributed by atoms with E-state index in [1.165, 1.54) is 19.2 Å². The highest BCUT2D eigenvalue weighted by Crippen LogP contribution is 2.18. The van der Waals surface area contributed by atoms with Gasteiger partial charge in [0.1, 0.15) is 5.54 Å². The lowest BCUT2D eigenvalue weighted by Crippen LogP contribution is -2.52. The molecule has 2 N–H and O–H groups in total. The molecule has 8 nitrogen and oxygen atoms in total. The molecule has 1 heterocycles. The number of ether oxygens (including phenoxy) is 1. The minimum atomic E-state index is -1.09. The predicted octanol–water partition coefficient (Wildman–Crippen LogP) is 1.70. The molecule has 0 saturated carbocycles. The van der Waals surface area contributed by atoms with Crippen molar-refractivity contribution in [3.8, 4) is 6.07 Å². The van der Waals surface area contributed by atoms with E-state index < -0.39 is 23.5 Å². The van der Waals surface area contributed by atoms with E-state index in [0.717, 1.165) is 11.3 Å². The number of nitrogens with one attached hydrogen (secondary N) is 2. The van der Waals surface area contributed by atoms with Crippen LogP contribution in [0, 0.1) is 17.2 Å². The van der Waals surface area contributed by atoms with Crippen molar-refractivity contribution in [3.63, 3.8) is 0 Å². The lowest BCUT2D eigenvalue weighted by atomic mass is 9.90. The summed E-state index contributed by atoms with van der Waals surface area (Å²) >= 11 is 1.07. The molecular weight excluding hydrogens is 332 g/mol. The highest BCUT2D eigenvalue weighted by Gasteiger charge is 2.32. The van der Waals surface area contributed by atoms with Crippen LogP contribution in [0.15, 0.2) is 5.38 Å². The molecule has 0 aliphatic heterocycles. The summed E-state index contributed by atoms with van der Waals surface area (Å²) in [7, 11) is 0. The maximum atomic E-state index is 12.1. The fourth-order valence-electron chi connectivity index (χ4n) is 1.51. The summed E-state index contributed by atoms with van der Waals surface area (Å²) in [5, 5.41) is 15.9. The van der Waals surface area contributed by atoms with E-state index in [2.05, 4.69) is 15.6 Å². The molecule has 1 aromatic rings. The lowest BCUT2D eigenvalue weighted by Gasteiger charge is -2.28. The van der Waals surface area contributed by atoms with E-state index in [1.807, 2.05) is 6.07 Å². The number of carbonyl (C=O) groups excluding carboxylic acids is 3. The van der Waals surface area contributed by atoms with Crippen molar-refractivity contribution < 1.29 is 19.1 Å². The van der Waals surface area contributed by atoms with Gasteiger partial charge in [0.05, 0.1) is 6.07 Å². The molecule has 0 aliphatic carbocycles. The number of nitriles is 1. The van der Waals surface area contributed by atoms with E-state index in [0.29, 0.717) is 0 Å². The fourth-order valence-corrected chi connectivity index (χ4v) is 2.23. The number of hydrogen-bond donors (Lipinski definition) is 2. The minimum Gasteiger partial charge on any atom is -0.448 e. The summed E-state index contributed by atoms with van der Waals surface area (Å²) in [6.07, 6.45) is -1.09. The van der Waals surface area contributed by atoms with Gasteiger partial charge in [-0.3, -0.25) is 9.59 Å². The second-order valence-corrected chi connectivity index (χ2v) is 6.58. The van der Waals surface area contributed by atoms with E-state index in [-0.39, 0.29) is 22.7 Å². The number of rotatable bonds is 6. The third kappa shape index (κ3) is 5.03. The smallest absolute Gasteiger partial charge is 0.358 e. The SMILES string of the molecule is CC(=O)Nc1nc(C(=O)O[C@@H](C)C(=O)N[C@](C)(C#N)C(C)C)cs1. The van der Waals surface area contributed by atoms with Crippen LogP contribution in [0.5, 0.6) is 0 Å². The Kier molecular flexibility index (Phi) is 6.42. The van der Waals surface area contributed by atoms with Gasteiger partial charge in [-0.05, 0) is 19.8 Å². The lowest BCUT2D eigenvalue weighted by molar-refractivity contribution is -0.130. The van der Waals surface area contributed by atoms with Crippen LogP contribution in [0.4, 0.5) is 5.13 Å². The predicted molar refractivity (Wildman–Crippen MR) is 88.3 cm³/mol. The van der Waals surface area contributed by atoms with Crippen LogP contribution in [-0.4, -0.2) is 34.4 Å². The number of carbonyl (C=O) groups is 3. The number of hydrogen-bond acceptors (Lipinski definition) is 7. The fraction of sp³-hybridized carbons (Fsp3) is 0.533. The molecular formula is C15H20N4O4S. The molecule has 2 atom stereocenters. The normalized spacial score (nSPS) is 14.2. The van der Waals surface area contributed by atoms with Crippen LogP contribution < -0.4 is 10.6 Å². The summed E-state index contributed by atoms with van der Waals surface area (Å²) in [5.41, 5.74) is -1.06. The molecule has 0 fully saturated rings. The van der Waals surface area contributed by atoms with Crippen molar-refractivity contribution in [2.75, 3.05) is 5.32 Å². The quantitative estimate of drug-likeness (QED) is 0.752. The van der Waals surface area contributed by atoms with Gasteiger partial charge >= 0.3 is 5.97 Å². The molecule has 130 valence electrons. The molecule has 0 radical (unpaired) electrons. The summed E-state index contributed by atoms with van der Waals surface area (Å²) in [6.45, 7) is 7.95. The van der Waals surface area contributed by atoms with Gasteiger partial charge in [-0.2, -0.15) is 5.26 Å². The van der Waals surface area contributed by atoms with E-state index >= 15 is 0 Å². The Balaban J connectivity index is 2.70. The Hall–Kier alpha value is -2.47. The van der Waals surface area contributed by atoms with Gasteiger partial charge in [-0.1, -0.05) is 13.8 Å². The van der Waals surface area contributed by atoms with E-state index in [9.17, 15) is 19.6 Å². The first-order valence-electron chi connectivity index (χ1n) is 7.26. The zero-order valence-corrected chi connectivity index (χ0v) is 15.0. The first-order valence-corrected chi connectivity index (χ1v) is 8.14. The maximum Gasteiger partial charge on any atom is 0.358 e. The van der Waals surface area contributed by atoms with Crippen molar-refractivity contribution in [3.05, 3.63) is 11.1 Å². The van der Waals surface area contributed by atoms with E-state index in [1.54, 1.807) is 20.8 Å². The van der Waals surface area contributed by atoms with Gasteiger partial charge < -0.3 is 15.4 Å². The number of anilines is 1. The van der Waals surface area contributed by atoms with Crippen LogP contribution in [-0.2, 0) is 14.3 Å². The summed E-state index contributed by atoms with van der Waals surface area (Å²) in [5.74, 6) is -1.78. The molecule has 0 saturated heterocycles. The van der Waals surface area contributed by atoms with Crippen LogP contribution >= 0.6 is 11.3 Å². The van der Waals surface area contributed by atoms with Crippen LogP contribution in [0.25, 0.3) is 0 Å². The Morgan fingerprint density at radius 1 is 1.38 bits per heavy atom. The summed E-state index contributed by atoms with van der Waals surface area (Å²) in [4.78, 5) is 39.0. The van der Waals surface area contributed by atoms with Crippen molar-refractivity contribution in [1.82, 2.24) is 10.3 Å². The van der Waals surface area contributed by atoms with Gasteiger partial charge in [0.15, 0.2) is 16.9 Å². The average molecular weight is 352 g/mol. The van der Waals surface area contributed by atoms with Crippen LogP contribution in [0.3, 0.4) is 0 Å². The molecule has 9 heteroatoms. The Bertz CT molecular complexity index is 679. The molecule has 0 unspecified atom stereocenters.